The van der Waals surface area contributed by atoms with Crippen molar-refractivity contribution in [3.05, 3.63) is 35.8 Å². The third-order valence-corrected chi connectivity index (χ3v) is 4.11. The molecule has 3 rings (SSSR count). The lowest BCUT2D eigenvalue weighted by Gasteiger charge is -2.34. The second kappa shape index (κ2) is 6.24. The number of rotatable bonds is 4. The first-order valence-electron chi connectivity index (χ1n) is 7.84. The topological polar surface area (TPSA) is 57.7 Å². The van der Waals surface area contributed by atoms with Crippen molar-refractivity contribution >= 4 is 5.82 Å². The Hall–Kier alpha value is -1.91. The van der Waals surface area contributed by atoms with Crippen LogP contribution in [0.15, 0.2) is 18.6 Å². The molecule has 0 spiro atoms. The predicted octanol–water partition coefficient (Wildman–Crippen LogP) is 2.84. The van der Waals surface area contributed by atoms with Crippen LogP contribution >= 0.6 is 0 Å². The monoisotopic (exact) mass is 285 g/mol. The molecule has 0 bridgehead atoms. The number of piperidine rings is 1. The van der Waals surface area contributed by atoms with Crippen molar-refractivity contribution in [3.63, 3.8) is 0 Å². The lowest BCUT2D eigenvalue weighted by molar-refractivity contribution is 0.490. The van der Waals surface area contributed by atoms with Crippen molar-refractivity contribution in [2.75, 3.05) is 18.0 Å². The van der Waals surface area contributed by atoms with Crippen LogP contribution in [0.3, 0.4) is 0 Å². The molecule has 2 aromatic rings. The quantitative estimate of drug-likeness (QED) is 0.938. The molecule has 0 saturated carbocycles. The molecule has 1 aliphatic heterocycles. The molecule has 5 nitrogen and oxygen atoms in total. The SMILES string of the molecule is CCCc1cnc(C)nc1N1CCC[C@H](c2ncc[nH]2)C1. The van der Waals surface area contributed by atoms with Crippen LogP contribution in [0.1, 0.15) is 49.3 Å². The number of aromatic amines is 1. The van der Waals surface area contributed by atoms with Crippen LogP contribution in [0.2, 0.25) is 0 Å². The van der Waals surface area contributed by atoms with Gasteiger partial charge in [0.15, 0.2) is 0 Å². The van der Waals surface area contributed by atoms with Crippen molar-refractivity contribution in [3.8, 4) is 0 Å². The fourth-order valence-corrected chi connectivity index (χ4v) is 3.10. The zero-order chi connectivity index (χ0) is 14.7. The van der Waals surface area contributed by atoms with E-state index in [1.54, 1.807) is 0 Å². The van der Waals surface area contributed by atoms with E-state index in [0.29, 0.717) is 5.92 Å². The summed E-state index contributed by atoms with van der Waals surface area (Å²) in [6, 6.07) is 0. The van der Waals surface area contributed by atoms with Gasteiger partial charge in [-0.15, -0.1) is 0 Å². The normalized spacial score (nSPS) is 19.0. The molecule has 3 heterocycles. The molecule has 0 radical (unpaired) electrons. The summed E-state index contributed by atoms with van der Waals surface area (Å²) in [7, 11) is 0. The van der Waals surface area contributed by atoms with E-state index in [-0.39, 0.29) is 0 Å². The minimum absolute atomic E-state index is 0.471. The van der Waals surface area contributed by atoms with E-state index in [9.17, 15) is 0 Å². The highest BCUT2D eigenvalue weighted by molar-refractivity contribution is 5.47. The van der Waals surface area contributed by atoms with Gasteiger partial charge in [0.1, 0.15) is 17.5 Å². The second-order valence-electron chi connectivity index (χ2n) is 5.78. The zero-order valence-corrected chi connectivity index (χ0v) is 12.8. The van der Waals surface area contributed by atoms with Crippen LogP contribution < -0.4 is 4.90 Å². The molecule has 1 fully saturated rings. The molecular weight excluding hydrogens is 262 g/mol. The van der Waals surface area contributed by atoms with Crippen LogP contribution in [-0.2, 0) is 6.42 Å². The average molecular weight is 285 g/mol. The number of aryl methyl sites for hydroxylation is 2. The smallest absolute Gasteiger partial charge is 0.135 e. The first-order chi connectivity index (χ1) is 10.3. The Morgan fingerprint density at radius 3 is 3.05 bits per heavy atom. The lowest BCUT2D eigenvalue weighted by atomic mass is 9.97. The van der Waals surface area contributed by atoms with Crippen LogP contribution in [0.25, 0.3) is 0 Å². The van der Waals surface area contributed by atoms with Gasteiger partial charge in [-0.3, -0.25) is 0 Å². The van der Waals surface area contributed by atoms with Crippen molar-refractivity contribution in [1.82, 2.24) is 19.9 Å². The van der Waals surface area contributed by atoms with Crippen LogP contribution in [-0.4, -0.2) is 33.0 Å². The summed E-state index contributed by atoms with van der Waals surface area (Å²) < 4.78 is 0. The first-order valence-corrected chi connectivity index (χ1v) is 7.84. The molecule has 1 aliphatic rings. The number of imidazole rings is 1. The van der Waals surface area contributed by atoms with Gasteiger partial charge in [-0.2, -0.15) is 0 Å². The Morgan fingerprint density at radius 2 is 2.29 bits per heavy atom. The van der Waals surface area contributed by atoms with Gasteiger partial charge >= 0.3 is 0 Å². The van der Waals surface area contributed by atoms with Gasteiger partial charge in [-0.25, -0.2) is 15.0 Å². The molecule has 0 aromatic carbocycles. The largest absolute Gasteiger partial charge is 0.356 e. The van der Waals surface area contributed by atoms with E-state index in [1.807, 2.05) is 25.5 Å². The van der Waals surface area contributed by atoms with Crippen molar-refractivity contribution in [1.29, 1.82) is 0 Å². The van der Waals surface area contributed by atoms with E-state index in [1.165, 1.54) is 18.4 Å². The maximum Gasteiger partial charge on any atom is 0.135 e. The minimum atomic E-state index is 0.471. The highest BCUT2D eigenvalue weighted by Gasteiger charge is 2.25. The van der Waals surface area contributed by atoms with E-state index >= 15 is 0 Å². The number of hydrogen-bond donors (Lipinski definition) is 1. The van der Waals surface area contributed by atoms with E-state index < -0.39 is 0 Å². The van der Waals surface area contributed by atoms with Crippen LogP contribution in [0, 0.1) is 6.92 Å². The van der Waals surface area contributed by atoms with Crippen molar-refractivity contribution < 1.29 is 0 Å². The summed E-state index contributed by atoms with van der Waals surface area (Å²) in [5.41, 5.74) is 1.27. The molecule has 1 saturated heterocycles. The van der Waals surface area contributed by atoms with Crippen LogP contribution in [0.5, 0.6) is 0 Å². The third-order valence-electron chi connectivity index (χ3n) is 4.11. The van der Waals surface area contributed by atoms with Gasteiger partial charge < -0.3 is 9.88 Å². The fraction of sp³-hybridized carbons (Fsp3) is 0.562. The first kappa shape index (κ1) is 14.0. The van der Waals surface area contributed by atoms with Gasteiger partial charge in [0.25, 0.3) is 0 Å². The van der Waals surface area contributed by atoms with Crippen molar-refractivity contribution in [2.45, 2.75) is 45.4 Å². The summed E-state index contributed by atoms with van der Waals surface area (Å²) >= 11 is 0. The minimum Gasteiger partial charge on any atom is -0.356 e. The second-order valence-corrected chi connectivity index (χ2v) is 5.78. The average Bonchev–Trinajstić information content (AvgIpc) is 3.04. The molecule has 0 aliphatic carbocycles. The Bertz CT molecular complexity index is 578. The highest BCUT2D eigenvalue weighted by atomic mass is 15.2. The number of hydrogen-bond acceptors (Lipinski definition) is 4. The summed E-state index contributed by atoms with van der Waals surface area (Å²) in [5, 5.41) is 0. The zero-order valence-electron chi connectivity index (χ0n) is 12.8. The van der Waals surface area contributed by atoms with Gasteiger partial charge in [0.2, 0.25) is 0 Å². The molecule has 2 aromatic heterocycles. The predicted molar refractivity (Wildman–Crippen MR) is 83.5 cm³/mol. The lowest BCUT2D eigenvalue weighted by Crippen LogP contribution is -2.36. The Morgan fingerprint density at radius 1 is 1.38 bits per heavy atom. The number of anilines is 1. The molecule has 5 heteroatoms. The van der Waals surface area contributed by atoms with Gasteiger partial charge in [0.05, 0.1) is 0 Å². The summed E-state index contributed by atoms with van der Waals surface area (Å²) in [4.78, 5) is 19.2. The third kappa shape index (κ3) is 3.06. The molecular formula is C16H23N5. The fourth-order valence-electron chi connectivity index (χ4n) is 3.10. The Kier molecular flexibility index (Phi) is 4.18. The number of H-pyrrole nitrogens is 1. The molecule has 21 heavy (non-hydrogen) atoms. The standard InChI is InChI=1S/C16H23N5/c1-3-5-13-10-19-12(2)20-16(13)21-9-4-6-14(11-21)15-17-7-8-18-15/h7-8,10,14H,3-6,9,11H2,1-2H3,(H,17,18)/t14-/m0/s1. The number of aromatic nitrogens is 4. The maximum absolute atomic E-state index is 4.72. The molecule has 0 unspecified atom stereocenters. The summed E-state index contributed by atoms with van der Waals surface area (Å²) in [6.07, 6.45) is 10.3. The van der Waals surface area contributed by atoms with E-state index in [4.69, 9.17) is 4.98 Å². The Labute approximate surface area is 125 Å². The van der Waals surface area contributed by atoms with E-state index in [0.717, 1.165) is 43.4 Å². The highest BCUT2D eigenvalue weighted by Crippen LogP contribution is 2.29. The number of nitrogens with one attached hydrogen (secondary N) is 1. The van der Waals surface area contributed by atoms with Crippen LogP contribution in [0.4, 0.5) is 5.82 Å². The summed E-state index contributed by atoms with van der Waals surface area (Å²) in [6.45, 7) is 6.23. The Balaban J connectivity index is 1.84. The van der Waals surface area contributed by atoms with Gasteiger partial charge in [-0.05, 0) is 26.2 Å². The number of nitrogens with zero attached hydrogens (tertiary/aromatic N) is 4. The van der Waals surface area contributed by atoms with Crippen molar-refractivity contribution in [2.24, 2.45) is 0 Å². The maximum atomic E-state index is 4.72. The molecule has 1 N–H and O–H groups in total. The van der Waals surface area contributed by atoms with Gasteiger partial charge in [0, 0.05) is 43.2 Å². The molecule has 112 valence electrons. The van der Waals surface area contributed by atoms with Gasteiger partial charge in [-0.1, -0.05) is 13.3 Å². The van der Waals surface area contributed by atoms with E-state index in [2.05, 4.69) is 26.8 Å². The summed E-state index contributed by atoms with van der Waals surface area (Å²) in [5.74, 6) is 3.55. The molecule has 0 amide bonds. The molecule has 1 atom stereocenters.